The average Bonchev–Trinajstić information content (AvgIpc) is 3.05. The molecule has 0 radical (unpaired) electrons. The van der Waals surface area contributed by atoms with Crippen LogP contribution in [0.2, 0.25) is 0 Å². The van der Waals surface area contributed by atoms with E-state index in [0.29, 0.717) is 50.1 Å². The number of rotatable bonds is 7. The van der Waals surface area contributed by atoms with Gasteiger partial charge in [0.15, 0.2) is 0 Å². The average molecular weight is 587 g/mol. The smallest absolute Gasteiger partial charge is 0.396 e. The maximum absolute atomic E-state index is 15.1. The lowest BCUT2D eigenvalue weighted by atomic mass is 9.84. The molecule has 2 nitrogen and oxygen atoms in total. The molecule has 0 fully saturated rings. The predicted octanol–water partition coefficient (Wildman–Crippen LogP) is 10.7. The van der Waals surface area contributed by atoms with Crippen LogP contribution >= 0.6 is 0 Å². The Morgan fingerprint density at radius 2 is 0.750 bits per heavy atom. The van der Waals surface area contributed by atoms with Crippen molar-refractivity contribution in [1.82, 2.24) is 0 Å². The lowest BCUT2D eigenvalue weighted by molar-refractivity contribution is -0.150. The molecule has 0 aliphatic rings. The molecule has 0 heterocycles. The third kappa shape index (κ3) is 5.95. The lowest BCUT2D eigenvalue weighted by Gasteiger charge is -2.24. The van der Waals surface area contributed by atoms with Crippen LogP contribution in [-0.2, 0) is 6.42 Å². The first-order valence-corrected chi connectivity index (χ1v) is 14.3. The fourth-order valence-electron chi connectivity index (χ4n) is 5.68. The minimum absolute atomic E-state index is 0.0112. The molecule has 0 saturated heterocycles. The molecule has 0 saturated carbocycles. The highest BCUT2D eigenvalue weighted by Crippen LogP contribution is 2.46. The van der Waals surface area contributed by atoms with Gasteiger partial charge in [-0.2, -0.15) is 13.2 Å². The third-order valence-electron chi connectivity index (χ3n) is 7.88. The van der Waals surface area contributed by atoms with Crippen LogP contribution in [0.5, 0.6) is 11.5 Å². The Labute approximate surface area is 254 Å². The summed E-state index contributed by atoms with van der Waals surface area (Å²) in [4.78, 5) is 0. The largest absolute Gasteiger partial charge is 0.507 e. The van der Waals surface area contributed by atoms with Crippen LogP contribution in [0.15, 0.2) is 146 Å². The van der Waals surface area contributed by atoms with Crippen LogP contribution < -0.4 is 0 Å². The van der Waals surface area contributed by atoms with Crippen LogP contribution in [0.1, 0.15) is 17.0 Å². The van der Waals surface area contributed by atoms with Gasteiger partial charge in [-0.25, -0.2) is 0 Å². The molecule has 1 unspecified atom stereocenters. The van der Waals surface area contributed by atoms with Crippen molar-refractivity contribution in [2.75, 3.05) is 0 Å². The Bertz CT molecular complexity index is 1750. The Morgan fingerprint density at radius 1 is 0.455 bits per heavy atom. The van der Waals surface area contributed by atoms with E-state index in [-0.39, 0.29) is 23.5 Å². The molecule has 218 valence electrons. The van der Waals surface area contributed by atoms with Crippen molar-refractivity contribution in [2.45, 2.75) is 18.5 Å². The van der Waals surface area contributed by atoms with Gasteiger partial charge in [0.25, 0.3) is 0 Å². The normalized spacial score (nSPS) is 12.2. The molecular weight excluding hydrogens is 557 g/mol. The number of hydrogen-bond acceptors (Lipinski definition) is 2. The number of hydrogen-bond donors (Lipinski definition) is 2. The van der Waals surface area contributed by atoms with E-state index in [9.17, 15) is 10.2 Å². The van der Waals surface area contributed by atoms with Crippen LogP contribution in [0.4, 0.5) is 13.2 Å². The van der Waals surface area contributed by atoms with E-state index in [1.54, 1.807) is 60.7 Å². The SMILES string of the molecule is Oc1c(-c2ccccc2)cc(CC(c2cc(-c3ccccc3)c(O)c(-c3ccccc3)c2)C(F)(F)F)cc1-c1ccccc1. The van der Waals surface area contributed by atoms with Gasteiger partial charge in [0.05, 0.1) is 5.92 Å². The monoisotopic (exact) mass is 586 g/mol. The zero-order valence-electron chi connectivity index (χ0n) is 23.7. The van der Waals surface area contributed by atoms with Crippen molar-refractivity contribution in [3.05, 3.63) is 157 Å². The van der Waals surface area contributed by atoms with Gasteiger partial charge in [0.1, 0.15) is 11.5 Å². The van der Waals surface area contributed by atoms with E-state index < -0.39 is 12.1 Å². The summed E-state index contributed by atoms with van der Waals surface area (Å²) in [5.74, 6) is -1.95. The number of halogens is 3. The van der Waals surface area contributed by atoms with Crippen molar-refractivity contribution in [1.29, 1.82) is 0 Å². The van der Waals surface area contributed by atoms with Crippen molar-refractivity contribution < 1.29 is 23.4 Å². The first-order chi connectivity index (χ1) is 21.3. The van der Waals surface area contributed by atoms with Gasteiger partial charge in [-0.3, -0.25) is 0 Å². The second-order valence-electron chi connectivity index (χ2n) is 10.8. The van der Waals surface area contributed by atoms with Gasteiger partial charge < -0.3 is 10.2 Å². The summed E-state index contributed by atoms with van der Waals surface area (Å²) in [7, 11) is 0. The van der Waals surface area contributed by atoms with Gasteiger partial charge >= 0.3 is 6.18 Å². The molecule has 6 rings (SSSR count). The zero-order valence-corrected chi connectivity index (χ0v) is 23.7. The molecular formula is C39H29F3O2. The summed E-state index contributed by atoms with van der Waals surface area (Å²) < 4.78 is 45.2. The van der Waals surface area contributed by atoms with Gasteiger partial charge in [-0.05, 0) is 64.1 Å². The third-order valence-corrected chi connectivity index (χ3v) is 7.88. The summed E-state index contributed by atoms with van der Waals surface area (Å²) in [5, 5.41) is 22.7. The number of aromatic hydroxyl groups is 2. The second kappa shape index (κ2) is 12.1. The number of phenols is 2. The fraction of sp³-hybridized carbons (Fsp3) is 0.0769. The minimum Gasteiger partial charge on any atom is -0.507 e. The summed E-state index contributed by atoms with van der Waals surface area (Å²) in [6.45, 7) is 0. The Kier molecular flexibility index (Phi) is 7.95. The first kappa shape index (κ1) is 28.8. The first-order valence-electron chi connectivity index (χ1n) is 14.3. The fourth-order valence-corrected chi connectivity index (χ4v) is 5.68. The molecule has 2 N–H and O–H groups in total. The molecule has 0 bridgehead atoms. The number of phenolic OH excluding ortho intramolecular Hbond substituents is 2. The standard InChI is InChI=1S/C39H29F3O2/c40-39(41,42)36(31-24-34(29-17-9-3-10-18-29)38(44)35(25-31)30-19-11-4-12-20-30)23-26-21-32(27-13-5-1-6-14-27)37(43)33(22-26)28-15-7-2-8-16-28/h1-22,24-25,36,43-44H,23H2. The highest BCUT2D eigenvalue weighted by molar-refractivity contribution is 5.84. The maximum atomic E-state index is 15.1. The Morgan fingerprint density at radius 3 is 1.05 bits per heavy atom. The summed E-state index contributed by atoms with van der Waals surface area (Å²) in [6.07, 6.45) is -4.97. The van der Waals surface area contributed by atoms with E-state index in [1.807, 2.05) is 72.8 Å². The van der Waals surface area contributed by atoms with Crippen molar-refractivity contribution >= 4 is 0 Å². The van der Waals surface area contributed by atoms with Crippen LogP contribution in [0, 0.1) is 0 Å². The van der Waals surface area contributed by atoms with Gasteiger partial charge in [0, 0.05) is 22.3 Å². The van der Waals surface area contributed by atoms with Gasteiger partial charge in [-0.1, -0.05) is 121 Å². The van der Waals surface area contributed by atoms with Crippen LogP contribution in [0.25, 0.3) is 44.5 Å². The van der Waals surface area contributed by atoms with E-state index in [2.05, 4.69) is 0 Å². The Hall–Kier alpha value is -5.29. The Balaban J connectivity index is 1.53. The van der Waals surface area contributed by atoms with Crippen LogP contribution in [0.3, 0.4) is 0 Å². The minimum atomic E-state index is -4.60. The topological polar surface area (TPSA) is 40.5 Å². The molecule has 0 aliphatic carbocycles. The highest BCUT2D eigenvalue weighted by atomic mass is 19.4. The molecule has 1 atom stereocenters. The lowest BCUT2D eigenvalue weighted by Crippen LogP contribution is -2.23. The second-order valence-corrected chi connectivity index (χ2v) is 10.8. The van der Waals surface area contributed by atoms with E-state index >= 15 is 13.2 Å². The van der Waals surface area contributed by atoms with E-state index in [0.717, 1.165) is 0 Å². The molecule has 5 heteroatoms. The van der Waals surface area contributed by atoms with Gasteiger partial charge in [0.2, 0.25) is 0 Å². The maximum Gasteiger partial charge on any atom is 0.396 e. The summed E-state index contributed by atoms with van der Waals surface area (Å²) in [6, 6.07) is 42.4. The zero-order chi connectivity index (χ0) is 30.7. The molecule has 0 amide bonds. The summed E-state index contributed by atoms with van der Waals surface area (Å²) in [5.41, 5.74) is 4.70. The van der Waals surface area contributed by atoms with Gasteiger partial charge in [-0.15, -0.1) is 0 Å². The number of benzene rings is 6. The quantitative estimate of drug-likeness (QED) is 0.195. The molecule has 44 heavy (non-hydrogen) atoms. The highest BCUT2D eigenvalue weighted by Gasteiger charge is 2.41. The van der Waals surface area contributed by atoms with Crippen molar-refractivity contribution in [2.24, 2.45) is 0 Å². The summed E-state index contributed by atoms with van der Waals surface area (Å²) >= 11 is 0. The molecule has 0 spiro atoms. The molecule has 6 aromatic carbocycles. The van der Waals surface area contributed by atoms with Crippen molar-refractivity contribution in [3.63, 3.8) is 0 Å². The van der Waals surface area contributed by atoms with E-state index in [1.165, 1.54) is 12.1 Å². The molecule has 0 aliphatic heterocycles. The van der Waals surface area contributed by atoms with E-state index in [4.69, 9.17) is 0 Å². The molecule has 0 aromatic heterocycles. The molecule has 6 aromatic rings. The predicted molar refractivity (Wildman–Crippen MR) is 170 cm³/mol. The van der Waals surface area contributed by atoms with Crippen LogP contribution in [-0.4, -0.2) is 16.4 Å². The van der Waals surface area contributed by atoms with Crippen molar-refractivity contribution in [3.8, 4) is 56.0 Å². The number of alkyl halides is 3.